The first kappa shape index (κ1) is 20.6. The zero-order valence-electron chi connectivity index (χ0n) is 15.0. The minimum Gasteiger partial charge on any atom is -0.326 e. The lowest BCUT2D eigenvalue weighted by atomic mass is 10.1. The van der Waals surface area contributed by atoms with E-state index in [1.165, 1.54) is 23.6 Å². The van der Waals surface area contributed by atoms with E-state index in [1.807, 2.05) is 13.8 Å². The molecule has 1 aromatic rings. The van der Waals surface area contributed by atoms with Gasteiger partial charge in [0.05, 0.1) is 4.90 Å². The van der Waals surface area contributed by atoms with Crippen LogP contribution < -0.4 is 5.32 Å². The summed E-state index contributed by atoms with van der Waals surface area (Å²) in [4.78, 5) is 12.1. The smallest absolute Gasteiger partial charge is 0.243 e. The Morgan fingerprint density at radius 1 is 0.958 bits per heavy atom. The molecule has 6 heteroatoms. The molecule has 0 spiro atoms. The summed E-state index contributed by atoms with van der Waals surface area (Å²) in [7, 11) is -3.45. The monoisotopic (exact) mass is 354 g/mol. The van der Waals surface area contributed by atoms with E-state index in [9.17, 15) is 13.2 Å². The summed E-state index contributed by atoms with van der Waals surface area (Å²) in [5, 5.41) is 2.82. The van der Waals surface area contributed by atoms with E-state index < -0.39 is 10.0 Å². The number of benzene rings is 1. The zero-order valence-corrected chi connectivity index (χ0v) is 15.9. The van der Waals surface area contributed by atoms with Crippen molar-refractivity contribution < 1.29 is 13.2 Å². The Balaban J connectivity index is 2.57. The molecular weight excluding hydrogens is 324 g/mol. The highest BCUT2D eigenvalue weighted by Gasteiger charge is 2.21. The van der Waals surface area contributed by atoms with Crippen LogP contribution in [-0.2, 0) is 14.8 Å². The molecule has 0 heterocycles. The van der Waals surface area contributed by atoms with Crippen LogP contribution in [0.25, 0.3) is 0 Å². The molecule has 0 unspecified atom stereocenters. The average molecular weight is 355 g/mol. The highest BCUT2D eigenvalue weighted by Crippen LogP contribution is 2.18. The van der Waals surface area contributed by atoms with Crippen LogP contribution in [0.2, 0.25) is 0 Å². The number of rotatable bonds is 11. The molecular formula is C18H30N2O3S. The van der Waals surface area contributed by atoms with Crippen LogP contribution in [0.3, 0.4) is 0 Å². The van der Waals surface area contributed by atoms with Gasteiger partial charge in [-0.15, -0.1) is 0 Å². The number of hydrogen-bond acceptors (Lipinski definition) is 3. The molecule has 0 saturated carbocycles. The molecule has 1 N–H and O–H groups in total. The fourth-order valence-corrected chi connectivity index (χ4v) is 3.99. The van der Waals surface area contributed by atoms with E-state index in [-0.39, 0.29) is 10.8 Å². The number of amides is 1. The first-order chi connectivity index (χ1) is 11.5. The molecule has 0 aliphatic rings. The molecule has 0 saturated heterocycles. The van der Waals surface area contributed by atoms with Crippen LogP contribution in [0.4, 0.5) is 5.69 Å². The van der Waals surface area contributed by atoms with Crippen molar-refractivity contribution in [2.24, 2.45) is 0 Å². The van der Waals surface area contributed by atoms with Crippen LogP contribution in [0, 0.1) is 0 Å². The predicted octanol–water partition coefficient (Wildman–Crippen LogP) is 4.02. The molecule has 5 nitrogen and oxygen atoms in total. The van der Waals surface area contributed by atoms with Crippen molar-refractivity contribution in [3.63, 3.8) is 0 Å². The third kappa shape index (κ3) is 6.24. The lowest BCUT2D eigenvalue weighted by Gasteiger charge is -2.18. The number of carbonyl (C=O) groups is 1. The van der Waals surface area contributed by atoms with Crippen molar-refractivity contribution in [1.29, 1.82) is 0 Å². The first-order valence-corrected chi connectivity index (χ1v) is 10.3. The van der Waals surface area contributed by atoms with Gasteiger partial charge < -0.3 is 5.32 Å². The maximum atomic E-state index is 12.4. The van der Waals surface area contributed by atoms with Crippen molar-refractivity contribution in [3.05, 3.63) is 24.3 Å². The molecule has 136 valence electrons. The van der Waals surface area contributed by atoms with Gasteiger partial charge in [-0.2, -0.15) is 4.31 Å². The van der Waals surface area contributed by atoms with Crippen molar-refractivity contribution in [2.45, 2.75) is 64.2 Å². The number of anilines is 1. The van der Waals surface area contributed by atoms with Crippen molar-refractivity contribution >= 4 is 21.6 Å². The molecule has 24 heavy (non-hydrogen) atoms. The van der Waals surface area contributed by atoms with E-state index in [2.05, 4.69) is 12.2 Å². The summed E-state index contributed by atoms with van der Waals surface area (Å²) >= 11 is 0. The molecule has 0 aromatic heterocycles. The van der Waals surface area contributed by atoms with Gasteiger partial charge in [-0.3, -0.25) is 4.79 Å². The third-order valence-corrected chi connectivity index (χ3v) is 6.05. The van der Waals surface area contributed by atoms with E-state index in [0.29, 0.717) is 25.2 Å². The summed E-state index contributed by atoms with van der Waals surface area (Å²) in [5.41, 5.74) is 0.632. The Labute approximate surface area is 146 Å². The second kappa shape index (κ2) is 10.5. The van der Waals surface area contributed by atoms with Crippen LogP contribution >= 0.6 is 0 Å². The summed E-state index contributed by atoms with van der Waals surface area (Å²) in [6.07, 6.45) is 6.03. The van der Waals surface area contributed by atoms with E-state index in [0.717, 1.165) is 12.8 Å². The van der Waals surface area contributed by atoms with Crippen LogP contribution in [0.5, 0.6) is 0 Å². The molecule has 1 aromatic carbocycles. The molecule has 1 rings (SSSR count). The fourth-order valence-electron chi connectivity index (χ4n) is 2.54. The lowest BCUT2D eigenvalue weighted by molar-refractivity contribution is -0.116. The standard InChI is InChI=1S/C18H30N2O3S/c1-4-7-8-9-10-11-18(21)19-16-12-14-17(15-13-16)24(22,23)20(5-2)6-3/h12-15H,4-11H2,1-3H3,(H,19,21). The van der Waals surface area contributed by atoms with Gasteiger partial charge in [-0.05, 0) is 30.7 Å². The fraction of sp³-hybridized carbons (Fsp3) is 0.611. The number of hydrogen-bond donors (Lipinski definition) is 1. The Kier molecular flexibility index (Phi) is 9.00. The minimum atomic E-state index is -3.45. The Bertz CT molecular complexity index is 593. The van der Waals surface area contributed by atoms with E-state index in [4.69, 9.17) is 0 Å². The summed E-state index contributed by atoms with van der Waals surface area (Å²) in [5.74, 6) is -0.0224. The van der Waals surface area contributed by atoms with Gasteiger partial charge in [0, 0.05) is 25.2 Å². The molecule has 0 radical (unpaired) electrons. The molecule has 1 amide bonds. The highest BCUT2D eigenvalue weighted by molar-refractivity contribution is 7.89. The quantitative estimate of drug-likeness (QED) is 0.610. The molecule has 0 aliphatic heterocycles. The molecule has 0 bridgehead atoms. The van der Waals surface area contributed by atoms with Gasteiger partial charge in [0.15, 0.2) is 0 Å². The van der Waals surface area contributed by atoms with Gasteiger partial charge in [0.2, 0.25) is 15.9 Å². The SMILES string of the molecule is CCCCCCCC(=O)Nc1ccc(S(=O)(=O)N(CC)CC)cc1. The number of unbranched alkanes of at least 4 members (excludes halogenated alkanes) is 4. The summed E-state index contributed by atoms with van der Waals surface area (Å²) in [6.45, 7) is 6.67. The normalized spacial score (nSPS) is 11.7. The minimum absolute atomic E-state index is 0.0224. The van der Waals surface area contributed by atoms with Crippen LogP contribution in [-0.4, -0.2) is 31.7 Å². The maximum Gasteiger partial charge on any atom is 0.243 e. The lowest BCUT2D eigenvalue weighted by Crippen LogP contribution is -2.30. The molecule has 0 fully saturated rings. The zero-order chi connectivity index (χ0) is 18.0. The summed E-state index contributed by atoms with van der Waals surface area (Å²) in [6, 6.07) is 6.38. The van der Waals surface area contributed by atoms with Gasteiger partial charge in [0.1, 0.15) is 0 Å². The van der Waals surface area contributed by atoms with Crippen LogP contribution in [0.15, 0.2) is 29.2 Å². The predicted molar refractivity (Wildman–Crippen MR) is 98.6 cm³/mol. The van der Waals surface area contributed by atoms with Crippen LogP contribution in [0.1, 0.15) is 59.3 Å². The summed E-state index contributed by atoms with van der Waals surface area (Å²) < 4.78 is 26.2. The highest BCUT2D eigenvalue weighted by atomic mass is 32.2. The maximum absolute atomic E-state index is 12.4. The second-order valence-corrected chi connectivity index (χ2v) is 7.76. The van der Waals surface area contributed by atoms with Crippen molar-refractivity contribution in [1.82, 2.24) is 4.31 Å². The van der Waals surface area contributed by atoms with E-state index >= 15 is 0 Å². The van der Waals surface area contributed by atoms with Gasteiger partial charge in [-0.1, -0.05) is 46.5 Å². The van der Waals surface area contributed by atoms with Gasteiger partial charge in [-0.25, -0.2) is 8.42 Å². The van der Waals surface area contributed by atoms with Crippen molar-refractivity contribution in [2.75, 3.05) is 18.4 Å². The Hall–Kier alpha value is -1.40. The average Bonchev–Trinajstić information content (AvgIpc) is 2.56. The van der Waals surface area contributed by atoms with Gasteiger partial charge >= 0.3 is 0 Å². The number of carbonyl (C=O) groups excluding carboxylic acids is 1. The molecule has 0 aliphatic carbocycles. The van der Waals surface area contributed by atoms with Gasteiger partial charge in [0.25, 0.3) is 0 Å². The first-order valence-electron chi connectivity index (χ1n) is 8.85. The second-order valence-electron chi connectivity index (χ2n) is 5.83. The number of sulfonamides is 1. The van der Waals surface area contributed by atoms with E-state index in [1.54, 1.807) is 24.3 Å². The Morgan fingerprint density at radius 2 is 1.54 bits per heavy atom. The third-order valence-electron chi connectivity index (χ3n) is 3.99. The van der Waals surface area contributed by atoms with Crippen molar-refractivity contribution in [3.8, 4) is 0 Å². The number of nitrogens with one attached hydrogen (secondary N) is 1. The largest absolute Gasteiger partial charge is 0.326 e. The number of nitrogens with zero attached hydrogens (tertiary/aromatic N) is 1. The Morgan fingerprint density at radius 3 is 2.08 bits per heavy atom. The topological polar surface area (TPSA) is 66.5 Å². The molecule has 0 atom stereocenters.